The molecule has 0 bridgehead atoms. The summed E-state index contributed by atoms with van der Waals surface area (Å²) in [6.07, 6.45) is -4.41. The van der Waals surface area contributed by atoms with Gasteiger partial charge in [0, 0.05) is 5.71 Å². The summed E-state index contributed by atoms with van der Waals surface area (Å²) in [5, 5.41) is 4.97. The van der Waals surface area contributed by atoms with E-state index in [0.29, 0.717) is 5.71 Å². The van der Waals surface area contributed by atoms with Crippen LogP contribution in [0.5, 0.6) is 0 Å². The largest absolute Gasteiger partial charge is 0.416 e. The predicted octanol–water partition coefficient (Wildman–Crippen LogP) is 3.15. The zero-order valence-electron chi connectivity index (χ0n) is 9.82. The van der Waals surface area contributed by atoms with Gasteiger partial charge in [-0.25, -0.2) is 5.01 Å². The fraction of sp³-hybridized carbons (Fsp3) is 0.273. The van der Waals surface area contributed by atoms with Gasteiger partial charge in [-0.05, 0) is 44.3 Å². The van der Waals surface area contributed by atoms with Crippen LogP contribution in [0.25, 0.3) is 0 Å². The van der Waals surface area contributed by atoms with E-state index in [9.17, 15) is 13.2 Å². The number of rotatable bonds is 2. The minimum atomic E-state index is -4.41. The van der Waals surface area contributed by atoms with Gasteiger partial charge >= 0.3 is 6.18 Å². The summed E-state index contributed by atoms with van der Waals surface area (Å²) in [6.45, 7) is 3.39. The van der Waals surface area contributed by atoms with Crippen molar-refractivity contribution in [1.82, 2.24) is 0 Å². The van der Waals surface area contributed by atoms with Crippen molar-refractivity contribution in [2.45, 2.75) is 20.0 Å². The lowest BCUT2D eigenvalue weighted by atomic mass is 10.2. The van der Waals surface area contributed by atoms with Crippen molar-refractivity contribution in [3.63, 3.8) is 0 Å². The molecule has 0 aliphatic carbocycles. The highest BCUT2D eigenvalue weighted by Gasteiger charge is 2.31. The van der Waals surface area contributed by atoms with Crippen LogP contribution in [-0.2, 0) is 6.18 Å². The Balaban J connectivity index is 3.22. The molecule has 1 rings (SSSR count). The minimum absolute atomic E-state index is 0.115. The highest BCUT2D eigenvalue weighted by Crippen LogP contribution is 2.31. The molecule has 0 radical (unpaired) electrons. The summed E-state index contributed by atoms with van der Waals surface area (Å²) in [5.41, 5.74) is 5.48. The molecule has 1 aromatic rings. The molecular formula is C11H12F3N3S. The Kier molecular flexibility index (Phi) is 4.28. The highest BCUT2D eigenvalue weighted by atomic mass is 32.1. The van der Waals surface area contributed by atoms with Gasteiger partial charge in [-0.1, -0.05) is 6.07 Å². The molecule has 0 aliphatic rings. The molecule has 0 saturated heterocycles. The third-order valence-electron chi connectivity index (χ3n) is 1.93. The number of thiocarbonyl (C=S) groups is 1. The normalized spacial score (nSPS) is 10.9. The third-order valence-corrected chi connectivity index (χ3v) is 2.10. The highest BCUT2D eigenvalue weighted by molar-refractivity contribution is 7.80. The lowest BCUT2D eigenvalue weighted by molar-refractivity contribution is -0.137. The van der Waals surface area contributed by atoms with E-state index in [2.05, 4.69) is 5.10 Å². The number of halogens is 3. The standard InChI is InChI=1S/C11H12F3N3S/c1-7(2)16-17(10(15)18)9-5-3-4-8(6-9)11(12,13)14/h3-6H,1-2H3,(H2,15,18). The number of hydrogen-bond donors (Lipinski definition) is 1. The maximum atomic E-state index is 12.6. The second kappa shape index (κ2) is 5.34. The first-order valence-electron chi connectivity index (χ1n) is 5.00. The Morgan fingerprint density at radius 1 is 1.33 bits per heavy atom. The molecule has 98 valence electrons. The van der Waals surface area contributed by atoms with Crippen molar-refractivity contribution in [2.75, 3.05) is 5.01 Å². The van der Waals surface area contributed by atoms with Crippen LogP contribution >= 0.6 is 12.2 Å². The number of benzene rings is 1. The maximum Gasteiger partial charge on any atom is 0.416 e. The molecule has 0 aliphatic heterocycles. The van der Waals surface area contributed by atoms with E-state index in [1.807, 2.05) is 0 Å². The molecule has 7 heteroatoms. The van der Waals surface area contributed by atoms with Gasteiger partial charge in [0.25, 0.3) is 0 Å². The molecule has 0 aromatic heterocycles. The number of alkyl halides is 3. The van der Waals surface area contributed by atoms with Gasteiger partial charge in [0.05, 0.1) is 11.3 Å². The lowest BCUT2D eigenvalue weighted by Crippen LogP contribution is -2.31. The van der Waals surface area contributed by atoms with Gasteiger partial charge in [0.2, 0.25) is 0 Å². The molecule has 0 atom stereocenters. The van der Waals surface area contributed by atoms with Gasteiger partial charge in [0.15, 0.2) is 5.11 Å². The molecular weight excluding hydrogens is 263 g/mol. The van der Waals surface area contributed by atoms with E-state index in [4.69, 9.17) is 18.0 Å². The quantitative estimate of drug-likeness (QED) is 0.512. The molecule has 3 nitrogen and oxygen atoms in total. The number of nitrogens with zero attached hydrogens (tertiary/aromatic N) is 2. The van der Waals surface area contributed by atoms with Crippen molar-refractivity contribution in [3.05, 3.63) is 29.8 Å². The average molecular weight is 275 g/mol. The van der Waals surface area contributed by atoms with Crippen LogP contribution in [0.1, 0.15) is 19.4 Å². The lowest BCUT2D eigenvalue weighted by Gasteiger charge is -2.18. The Morgan fingerprint density at radius 2 is 1.94 bits per heavy atom. The number of anilines is 1. The van der Waals surface area contributed by atoms with E-state index in [1.54, 1.807) is 13.8 Å². The van der Waals surface area contributed by atoms with Crippen LogP contribution in [0.15, 0.2) is 29.4 Å². The van der Waals surface area contributed by atoms with Gasteiger partial charge in [-0.3, -0.25) is 0 Å². The maximum absolute atomic E-state index is 12.6. The third kappa shape index (κ3) is 3.69. The summed E-state index contributed by atoms with van der Waals surface area (Å²) >= 11 is 4.77. The molecule has 0 unspecified atom stereocenters. The van der Waals surface area contributed by atoms with Crippen LogP contribution in [-0.4, -0.2) is 10.8 Å². The summed E-state index contributed by atoms with van der Waals surface area (Å²) in [5.74, 6) is 0. The Hall–Kier alpha value is -1.63. The van der Waals surface area contributed by atoms with E-state index in [0.717, 1.165) is 17.1 Å². The number of nitrogens with two attached hydrogens (primary N) is 1. The van der Waals surface area contributed by atoms with Gasteiger partial charge < -0.3 is 5.73 Å². The molecule has 2 N–H and O–H groups in total. The SMILES string of the molecule is CC(C)=NN(C(N)=S)c1cccc(C(F)(F)F)c1. The van der Waals surface area contributed by atoms with Crippen molar-refractivity contribution < 1.29 is 13.2 Å². The minimum Gasteiger partial charge on any atom is -0.374 e. The summed E-state index contributed by atoms with van der Waals surface area (Å²) in [6, 6.07) is 4.67. The fourth-order valence-electron chi connectivity index (χ4n) is 1.25. The van der Waals surface area contributed by atoms with Crippen LogP contribution in [0, 0.1) is 0 Å². The Labute approximate surface area is 108 Å². The molecule has 1 aromatic carbocycles. The van der Waals surface area contributed by atoms with Crippen LogP contribution in [0.3, 0.4) is 0 Å². The molecule has 0 fully saturated rings. The van der Waals surface area contributed by atoms with Crippen molar-refractivity contribution >= 4 is 28.7 Å². The van der Waals surface area contributed by atoms with Crippen molar-refractivity contribution in [2.24, 2.45) is 10.8 Å². The zero-order chi connectivity index (χ0) is 13.9. The average Bonchev–Trinajstić information content (AvgIpc) is 2.24. The monoisotopic (exact) mass is 275 g/mol. The van der Waals surface area contributed by atoms with Crippen molar-refractivity contribution in [3.8, 4) is 0 Å². The zero-order valence-corrected chi connectivity index (χ0v) is 10.6. The molecule has 0 amide bonds. The van der Waals surface area contributed by atoms with Crippen LogP contribution in [0.4, 0.5) is 18.9 Å². The fourth-order valence-corrected chi connectivity index (χ4v) is 1.39. The first-order valence-corrected chi connectivity index (χ1v) is 5.41. The second-order valence-corrected chi connectivity index (χ2v) is 4.16. The number of hydrazone groups is 1. The van der Waals surface area contributed by atoms with Gasteiger partial charge in [0.1, 0.15) is 0 Å². The number of hydrogen-bond acceptors (Lipinski definition) is 2. The van der Waals surface area contributed by atoms with Crippen molar-refractivity contribution in [1.29, 1.82) is 0 Å². The first kappa shape index (κ1) is 14.4. The van der Waals surface area contributed by atoms with Crippen LogP contribution < -0.4 is 10.7 Å². The summed E-state index contributed by atoms with van der Waals surface area (Å²) < 4.78 is 37.7. The summed E-state index contributed by atoms with van der Waals surface area (Å²) in [7, 11) is 0. The predicted molar refractivity (Wildman–Crippen MR) is 69.5 cm³/mol. The first-order chi connectivity index (χ1) is 8.21. The topological polar surface area (TPSA) is 41.6 Å². The van der Waals surface area contributed by atoms with E-state index >= 15 is 0 Å². The van der Waals surface area contributed by atoms with Gasteiger partial charge in [-0.2, -0.15) is 18.3 Å². The smallest absolute Gasteiger partial charge is 0.374 e. The Morgan fingerprint density at radius 3 is 2.39 bits per heavy atom. The molecule has 18 heavy (non-hydrogen) atoms. The van der Waals surface area contributed by atoms with Gasteiger partial charge in [-0.15, -0.1) is 0 Å². The van der Waals surface area contributed by atoms with E-state index < -0.39 is 11.7 Å². The Bertz CT molecular complexity index is 479. The summed E-state index contributed by atoms with van der Waals surface area (Å²) in [4.78, 5) is 0. The van der Waals surface area contributed by atoms with E-state index in [-0.39, 0.29) is 10.8 Å². The molecule has 0 heterocycles. The van der Waals surface area contributed by atoms with Crippen LogP contribution in [0.2, 0.25) is 0 Å². The second-order valence-electron chi connectivity index (χ2n) is 3.75. The molecule has 0 spiro atoms. The molecule has 0 saturated carbocycles. The van der Waals surface area contributed by atoms with E-state index in [1.165, 1.54) is 12.1 Å².